The van der Waals surface area contributed by atoms with E-state index in [1.165, 1.54) is 13.3 Å². The Bertz CT molecular complexity index is 204. The van der Waals surface area contributed by atoms with E-state index in [1.54, 1.807) is 0 Å². The van der Waals surface area contributed by atoms with Crippen molar-refractivity contribution in [3.63, 3.8) is 0 Å². The molecule has 0 aromatic rings. The van der Waals surface area contributed by atoms with Gasteiger partial charge in [-0.25, -0.2) is 0 Å². The van der Waals surface area contributed by atoms with Crippen LogP contribution in [0.25, 0.3) is 0 Å². The number of alkyl halides is 3. The number of hydrogen-bond donors (Lipinski definition) is 0. The third kappa shape index (κ3) is 3.29. The van der Waals surface area contributed by atoms with Gasteiger partial charge in [0.1, 0.15) is 5.78 Å². The summed E-state index contributed by atoms with van der Waals surface area (Å²) in [5.41, 5.74) is 0. The lowest BCUT2D eigenvalue weighted by Crippen LogP contribution is -2.34. The lowest BCUT2D eigenvalue weighted by atomic mass is 9.79. The molecule has 0 spiro atoms. The van der Waals surface area contributed by atoms with Crippen molar-refractivity contribution < 1.29 is 4.79 Å². The standard InChI is InChI=1S/C10H15Cl3O/c1-7(14)9(10(11,12)13)8-5-3-2-4-6-8/h8-9H,2-6H2,1H3. The third-order valence-electron chi connectivity index (χ3n) is 2.91. The van der Waals surface area contributed by atoms with Gasteiger partial charge in [-0.1, -0.05) is 54.1 Å². The average molecular weight is 258 g/mol. The molecule has 1 aliphatic carbocycles. The van der Waals surface area contributed by atoms with E-state index in [2.05, 4.69) is 0 Å². The molecule has 0 aromatic heterocycles. The summed E-state index contributed by atoms with van der Waals surface area (Å²) < 4.78 is -1.44. The van der Waals surface area contributed by atoms with E-state index in [-0.39, 0.29) is 11.7 Å². The molecule has 0 N–H and O–H groups in total. The Morgan fingerprint density at radius 1 is 1.21 bits per heavy atom. The van der Waals surface area contributed by atoms with Crippen molar-refractivity contribution >= 4 is 40.6 Å². The molecule has 1 unspecified atom stereocenters. The van der Waals surface area contributed by atoms with Gasteiger partial charge in [0.15, 0.2) is 3.79 Å². The zero-order valence-corrected chi connectivity index (χ0v) is 10.5. The summed E-state index contributed by atoms with van der Waals surface area (Å²) >= 11 is 17.5. The summed E-state index contributed by atoms with van der Waals surface area (Å²) in [6.45, 7) is 1.52. The van der Waals surface area contributed by atoms with E-state index in [1.807, 2.05) is 0 Å². The van der Waals surface area contributed by atoms with E-state index in [0.717, 1.165) is 25.7 Å². The van der Waals surface area contributed by atoms with Gasteiger partial charge in [-0.3, -0.25) is 4.79 Å². The molecule has 1 rings (SSSR count). The Morgan fingerprint density at radius 3 is 2.07 bits per heavy atom. The third-order valence-corrected chi connectivity index (χ3v) is 3.62. The van der Waals surface area contributed by atoms with Crippen LogP contribution >= 0.6 is 34.8 Å². The van der Waals surface area contributed by atoms with Crippen LogP contribution in [0.4, 0.5) is 0 Å². The molecular formula is C10H15Cl3O. The van der Waals surface area contributed by atoms with E-state index in [4.69, 9.17) is 34.8 Å². The first-order chi connectivity index (χ1) is 6.43. The Balaban J connectivity index is 2.71. The Kier molecular flexibility index (Phi) is 4.55. The molecule has 0 heterocycles. The highest BCUT2D eigenvalue weighted by Gasteiger charge is 2.41. The van der Waals surface area contributed by atoms with Gasteiger partial charge in [-0.05, 0) is 25.7 Å². The first-order valence-electron chi connectivity index (χ1n) is 5.00. The Morgan fingerprint density at radius 2 is 1.71 bits per heavy atom. The molecule has 0 amide bonds. The molecular weight excluding hydrogens is 242 g/mol. The predicted molar refractivity (Wildman–Crippen MR) is 61.0 cm³/mol. The number of ketones is 1. The molecule has 0 radical (unpaired) electrons. The second kappa shape index (κ2) is 5.05. The largest absolute Gasteiger partial charge is 0.300 e. The molecule has 0 aliphatic heterocycles. The first kappa shape index (κ1) is 12.6. The normalized spacial score (nSPS) is 22.0. The van der Waals surface area contributed by atoms with E-state index in [9.17, 15) is 4.79 Å². The van der Waals surface area contributed by atoms with Crippen LogP contribution in [0.2, 0.25) is 0 Å². The van der Waals surface area contributed by atoms with E-state index < -0.39 is 9.71 Å². The number of Topliss-reactive ketones (excluding diaryl/α,β-unsaturated/α-hetero) is 1. The van der Waals surface area contributed by atoms with Crippen molar-refractivity contribution in [2.45, 2.75) is 42.8 Å². The fourth-order valence-corrected chi connectivity index (χ4v) is 3.29. The minimum Gasteiger partial charge on any atom is -0.300 e. The average Bonchev–Trinajstić information content (AvgIpc) is 2.02. The second-order valence-corrected chi connectivity index (χ2v) is 6.40. The lowest BCUT2D eigenvalue weighted by Gasteiger charge is -2.32. The van der Waals surface area contributed by atoms with Gasteiger partial charge in [-0.15, -0.1) is 0 Å². The van der Waals surface area contributed by atoms with Crippen LogP contribution in [0.5, 0.6) is 0 Å². The van der Waals surface area contributed by atoms with Gasteiger partial charge in [-0.2, -0.15) is 0 Å². The molecule has 4 heteroatoms. The second-order valence-electron chi connectivity index (χ2n) is 4.03. The van der Waals surface area contributed by atoms with Crippen molar-refractivity contribution in [1.82, 2.24) is 0 Å². The van der Waals surface area contributed by atoms with Crippen LogP contribution in [0, 0.1) is 11.8 Å². The predicted octanol–water partition coefficient (Wildman–Crippen LogP) is 4.14. The summed E-state index contributed by atoms with van der Waals surface area (Å²) in [5.74, 6) is -0.168. The SMILES string of the molecule is CC(=O)C(C1CCCCC1)C(Cl)(Cl)Cl. The zero-order valence-electron chi connectivity index (χ0n) is 8.23. The minimum atomic E-state index is -1.44. The lowest BCUT2D eigenvalue weighted by molar-refractivity contribution is -0.122. The fourth-order valence-electron chi connectivity index (χ4n) is 2.30. The molecule has 0 saturated heterocycles. The molecule has 0 aromatic carbocycles. The highest BCUT2D eigenvalue weighted by molar-refractivity contribution is 6.68. The van der Waals surface area contributed by atoms with Crippen LogP contribution < -0.4 is 0 Å². The zero-order chi connectivity index (χ0) is 10.8. The van der Waals surface area contributed by atoms with Gasteiger partial charge in [0.05, 0.1) is 5.92 Å². The van der Waals surface area contributed by atoms with Crippen molar-refractivity contribution in [2.24, 2.45) is 11.8 Å². The van der Waals surface area contributed by atoms with E-state index in [0.29, 0.717) is 0 Å². The maximum atomic E-state index is 11.4. The first-order valence-corrected chi connectivity index (χ1v) is 6.13. The molecule has 1 nitrogen and oxygen atoms in total. The minimum absolute atomic E-state index is 0.00287. The van der Waals surface area contributed by atoms with Gasteiger partial charge in [0.2, 0.25) is 0 Å². The van der Waals surface area contributed by atoms with Gasteiger partial charge >= 0.3 is 0 Å². The van der Waals surface area contributed by atoms with Gasteiger partial charge in [0, 0.05) is 0 Å². The monoisotopic (exact) mass is 256 g/mol. The number of halogens is 3. The van der Waals surface area contributed by atoms with Crippen molar-refractivity contribution in [2.75, 3.05) is 0 Å². The molecule has 1 atom stereocenters. The molecule has 82 valence electrons. The van der Waals surface area contributed by atoms with Crippen LogP contribution in [-0.2, 0) is 4.79 Å². The quantitative estimate of drug-likeness (QED) is 0.680. The number of rotatable bonds is 2. The fraction of sp³-hybridized carbons (Fsp3) is 0.900. The molecule has 1 aliphatic rings. The van der Waals surface area contributed by atoms with E-state index >= 15 is 0 Å². The van der Waals surface area contributed by atoms with Crippen molar-refractivity contribution in [3.05, 3.63) is 0 Å². The van der Waals surface area contributed by atoms with Crippen LogP contribution in [0.15, 0.2) is 0 Å². The van der Waals surface area contributed by atoms with Crippen LogP contribution in [0.3, 0.4) is 0 Å². The van der Waals surface area contributed by atoms with Crippen LogP contribution in [0.1, 0.15) is 39.0 Å². The summed E-state index contributed by atoms with van der Waals surface area (Å²) in [6.07, 6.45) is 5.56. The maximum absolute atomic E-state index is 11.4. The summed E-state index contributed by atoms with van der Waals surface area (Å²) in [4.78, 5) is 11.4. The highest BCUT2D eigenvalue weighted by atomic mass is 35.6. The summed E-state index contributed by atoms with van der Waals surface area (Å²) in [5, 5.41) is 0. The number of hydrogen-bond acceptors (Lipinski definition) is 1. The highest BCUT2D eigenvalue weighted by Crippen LogP contribution is 2.44. The molecule has 14 heavy (non-hydrogen) atoms. The number of carbonyl (C=O) groups excluding carboxylic acids is 1. The summed E-state index contributed by atoms with van der Waals surface area (Å²) in [6, 6.07) is 0. The molecule has 1 fully saturated rings. The smallest absolute Gasteiger partial charge is 0.200 e. The molecule has 0 bridgehead atoms. The maximum Gasteiger partial charge on any atom is 0.200 e. The number of carbonyl (C=O) groups is 1. The summed E-state index contributed by atoms with van der Waals surface area (Å²) in [7, 11) is 0. The van der Waals surface area contributed by atoms with Crippen molar-refractivity contribution in [3.8, 4) is 0 Å². The van der Waals surface area contributed by atoms with Crippen LogP contribution in [-0.4, -0.2) is 9.58 Å². The van der Waals surface area contributed by atoms with Gasteiger partial charge in [0.25, 0.3) is 0 Å². The molecule has 1 saturated carbocycles. The topological polar surface area (TPSA) is 17.1 Å². The Hall–Kier alpha value is 0.540. The Labute approximate surface area is 100 Å². The van der Waals surface area contributed by atoms with Crippen molar-refractivity contribution in [1.29, 1.82) is 0 Å². The van der Waals surface area contributed by atoms with Gasteiger partial charge < -0.3 is 0 Å².